The Morgan fingerprint density at radius 1 is 1.10 bits per heavy atom. The van der Waals surface area contributed by atoms with Gasteiger partial charge in [0.2, 0.25) is 0 Å². The van der Waals surface area contributed by atoms with Crippen LogP contribution in [0.5, 0.6) is 0 Å². The quantitative estimate of drug-likeness (QED) is 0.242. The number of carbonyl (C=O) groups is 2. The van der Waals surface area contributed by atoms with Crippen LogP contribution in [0.2, 0.25) is 0 Å². The Morgan fingerprint density at radius 2 is 1.73 bits per heavy atom. The van der Waals surface area contributed by atoms with Gasteiger partial charge in [0.25, 0.3) is 11.9 Å². The monoisotopic (exact) mass is 573 g/mol. The van der Waals surface area contributed by atoms with E-state index in [0.29, 0.717) is 23.4 Å². The van der Waals surface area contributed by atoms with E-state index in [4.69, 9.17) is 11.3 Å². The van der Waals surface area contributed by atoms with Crippen molar-refractivity contribution in [3.05, 3.63) is 88.0 Å². The summed E-state index contributed by atoms with van der Waals surface area (Å²) in [5.74, 6) is -1.29. The number of hydrogen-bond acceptors (Lipinski definition) is 3. The Labute approximate surface area is 235 Å². The standard InChI is InChI=1S/C28H31F3N6O2S/c1-17-5-12-21(15-23(17)40-28(29,30)31)34-26(39)37(22-13-10-20(11-14-22)27(2,3)4)16-18-6-8-19(9-7-18)24(38)35-25(32)36-33/h6-15,17,33H,5,16H2,1-4H3,(H,34,39)(H2,32,35,38)/p+1. The molecule has 8 nitrogen and oxygen atoms in total. The Hall–Kier alpha value is -3.93. The van der Waals surface area contributed by atoms with Crippen LogP contribution >= 0.6 is 11.8 Å². The highest BCUT2D eigenvalue weighted by Crippen LogP contribution is 2.42. The average Bonchev–Trinajstić information content (AvgIpc) is 2.88. The van der Waals surface area contributed by atoms with Crippen molar-refractivity contribution in [3.63, 3.8) is 0 Å². The lowest BCUT2D eigenvalue weighted by Gasteiger charge is -2.27. The number of alkyl halides is 3. The summed E-state index contributed by atoms with van der Waals surface area (Å²) in [6.07, 6.45) is 3.44. The Kier molecular flexibility index (Phi) is 9.56. The van der Waals surface area contributed by atoms with Gasteiger partial charge in [0.1, 0.15) is 0 Å². The zero-order valence-electron chi connectivity index (χ0n) is 22.6. The first-order chi connectivity index (χ1) is 18.7. The van der Waals surface area contributed by atoms with E-state index in [9.17, 15) is 22.8 Å². The molecule has 3 rings (SSSR count). The van der Waals surface area contributed by atoms with Crippen molar-refractivity contribution >= 4 is 35.3 Å². The van der Waals surface area contributed by atoms with Crippen LogP contribution in [0.15, 0.2) is 81.4 Å². The molecule has 2 aromatic rings. The highest BCUT2D eigenvalue weighted by atomic mass is 32.2. The summed E-state index contributed by atoms with van der Waals surface area (Å²) in [7, 11) is 0. The molecule has 1 atom stereocenters. The fourth-order valence-electron chi connectivity index (χ4n) is 3.87. The molecular weight excluding hydrogens is 541 g/mol. The average molecular weight is 574 g/mol. The van der Waals surface area contributed by atoms with E-state index in [1.54, 1.807) is 25.1 Å². The van der Waals surface area contributed by atoms with E-state index in [-0.39, 0.29) is 46.1 Å². The lowest BCUT2D eigenvalue weighted by Crippen LogP contribution is -2.39. The normalized spacial score (nSPS) is 16.1. The second-order valence-corrected chi connectivity index (χ2v) is 11.4. The minimum Gasteiger partial charge on any atom is -0.363 e. The van der Waals surface area contributed by atoms with Gasteiger partial charge in [0.05, 0.1) is 6.54 Å². The van der Waals surface area contributed by atoms with Crippen LogP contribution in [0.4, 0.5) is 23.7 Å². The molecule has 1 aliphatic rings. The van der Waals surface area contributed by atoms with Crippen molar-refractivity contribution < 1.29 is 28.3 Å². The fourth-order valence-corrected chi connectivity index (χ4v) is 4.62. The summed E-state index contributed by atoms with van der Waals surface area (Å²) in [4.78, 5) is 30.9. The van der Waals surface area contributed by atoms with Crippen molar-refractivity contribution in [2.24, 2.45) is 21.8 Å². The third kappa shape index (κ3) is 8.54. The fraction of sp³-hybridized carbons (Fsp3) is 0.321. The van der Waals surface area contributed by atoms with Gasteiger partial charge >= 0.3 is 11.5 Å². The molecule has 1 aliphatic carbocycles. The lowest BCUT2D eigenvalue weighted by atomic mass is 9.87. The van der Waals surface area contributed by atoms with Crippen molar-refractivity contribution in [1.82, 2.24) is 5.32 Å². The maximum atomic E-state index is 13.5. The molecule has 3 amide bonds. The molecule has 0 saturated heterocycles. The van der Waals surface area contributed by atoms with Gasteiger partial charge in [-0.25, -0.2) is 4.79 Å². The van der Waals surface area contributed by atoms with E-state index in [1.165, 1.54) is 23.1 Å². The molecular formula is C28H32F3N6O2S+. The number of hydrogen-bond donors (Lipinski definition) is 3. The first-order valence-corrected chi connectivity index (χ1v) is 13.2. The largest absolute Gasteiger partial charge is 0.446 e. The van der Waals surface area contributed by atoms with E-state index >= 15 is 0 Å². The second kappa shape index (κ2) is 12.5. The summed E-state index contributed by atoms with van der Waals surface area (Å²) in [5, 5.41) is 5.91. The molecule has 0 heterocycles. The number of urea groups is 1. The maximum Gasteiger partial charge on any atom is 0.446 e. The molecule has 0 spiro atoms. The van der Waals surface area contributed by atoms with Crippen LogP contribution in [0, 0.1) is 5.92 Å². The van der Waals surface area contributed by atoms with E-state index < -0.39 is 17.4 Å². The van der Waals surface area contributed by atoms with Gasteiger partial charge in [-0.3, -0.25) is 9.69 Å². The minimum absolute atomic E-state index is 0.0992. The van der Waals surface area contributed by atoms with Crippen molar-refractivity contribution in [2.45, 2.75) is 51.6 Å². The lowest BCUT2D eigenvalue weighted by molar-refractivity contribution is -0.207. The predicted molar refractivity (Wildman–Crippen MR) is 150 cm³/mol. The topological polar surface area (TPSA) is 126 Å². The van der Waals surface area contributed by atoms with Gasteiger partial charge in [0, 0.05) is 22.1 Å². The number of amides is 3. The number of aliphatic imine (C=N–C) groups is 1. The smallest absolute Gasteiger partial charge is 0.363 e. The number of benzene rings is 2. The van der Waals surface area contributed by atoms with Gasteiger partial charge in [-0.2, -0.15) is 18.2 Å². The Morgan fingerprint density at radius 3 is 2.27 bits per heavy atom. The molecule has 0 aliphatic heterocycles. The molecule has 0 fully saturated rings. The van der Waals surface area contributed by atoms with Crippen molar-refractivity contribution in [3.8, 4) is 0 Å². The number of guanidine groups is 1. The molecule has 0 radical (unpaired) electrons. The second-order valence-electron chi connectivity index (χ2n) is 10.3. The molecule has 12 heteroatoms. The summed E-state index contributed by atoms with van der Waals surface area (Å²) in [6.45, 7) is 8.06. The number of rotatable bonds is 6. The number of halogens is 3. The van der Waals surface area contributed by atoms with Crippen LogP contribution in [0.1, 0.15) is 55.6 Å². The Balaban J connectivity index is 1.88. The van der Waals surface area contributed by atoms with E-state index in [1.807, 2.05) is 24.3 Å². The number of thioether (sulfide) groups is 1. The summed E-state index contributed by atoms with van der Waals surface area (Å²) in [6, 6.07) is 13.4. The minimum atomic E-state index is -4.42. The molecule has 0 aromatic heterocycles. The third-order valence-electron chi connectivity index (χ3n) is 6.14. The molecule has 0 bridgehead atoms. The van der Waals surface area contributed by atoms with Crippen molar-refractivity contribution in [1.29, 1.82) is 0 Å². The van der Waals surface area contributed by atoms with Crippen molar-refractivity contribution in [2.75, 3.05) is 4.90 Å². The predicted octanol–water partition coefficient (Wildman–Crippen LogP) is 5.43. The highest BCUT2D eigenvalue weighted by Gasteiger charge is 2.33. The Bertz CT molecular complexity index is 1340. The number of nitrogens with one attached hydrogen (secondary N) is 1. The van der Waals surface area contributed by atoms with Crippen LogP contribution in [-0.2, 0) is 12.0 Å². The molecule has 212 valence electrons. The molecule has 5 N–H and O–H groups in total. The number of anilines is 1. The highest BCUT2D eigenvalue weighted by molar-refractivity contribution is 8.03. The summed E-state index contributed by atoms with van der Waals surface area (Å²) in [5.41, 5.74) is 8.79. The molecule has 2 aromatic carbocycles. The SMILES string of the molecule is CC1CC=C(NC(=O)N(Cc2ccc(C(=O)N=C(N)N=[NH2+])cc2)c2ccc(C(C)(C)C)cc2)C=C1SC(F)(F)F. The molecule has 0 saturated carbocycles. The first kappa shape index (κ1) is 30.6. The number of allylic oxidation sites excluding steroid dienone is 3. The third-order valence-corrected chi connectivity index (χ3v) is 7.13. The maximum absolute atomic E-state index is 13.5. The zero-order chi connectivity index (χ0) is 29.7. The molecule has 40 heavy (non-hydrogen) atoms. The van der Waals surface area contributed by atoms with E-state index in [0.717, 1.165) is 5.56 Å². The van der Waals surface area contributed by atoms with Gasteiger partial charge in [-0.05, 0) is 75.9 Å². The van der Waals surface area contributed by atoms with Crippen LogP contribution in [-0.4, -0.2) is 23.4 Å². The summed E-state index contributed by atoms with van der Waals surface area (Å²) >= 11 is -0.166. The van der Waals surface area contributed by atoms with E-state index in [2.05, 4.69) is 36.2 Å². The van der Waals surface area contributed by atoms with Gasteiger partial charge < -0.3 is 11.1 Å². The van der Waals surface area contributed by atoms with Crippen LogP contribution < -0.4 is 21.5 Å². The number of nitrogens with zero attached hydrogens (tertiary/aromatic N) is 3. The molecule has 1 unspecified atom stereocenters. The van der Waals surface area contributed by atoms with Crippen LogP contribution in [0.3, 0.4) is 0 Å². The first-order valence-electron chi connectivity index (χ1n) is 12.4. The van der Waals surface area contributed by atoms with Gasteiger partial charge in [0.15, 0.2) is 0 Å². The van der Waals surface area contributed by atoms with Crippen LogP contribution in [0.25, 0.3) is 0 Å². The number of nitrogens with two attached hydrogens (primary N) is 2. The number of carbonyl (C=O) groups excluding carboxylic acids is 2. The zero-order valence-corrected chi connectivity index (χ0v) is 23.4. The van der Waals surface area contributed by atoms with Gasteiger partial charge in [-0.15, -0.1) is 5.53 Å². The summed E-state index contributed by atoms with van der Waals surface area (Å²) < 4.78 is 39.1. The van der Waals surface area contributed by atoms with Gasteiger partial charge in [-0.1, -0.05) is 58.0 Å².